The smallest absolute Gasteiger partial charge is 0.171 e. The Hall–Kier alpha value is -3.14. The molecule has 0 N–H and O–H groups in total. The Morgan fingerprint density at radius 2 is 1.80 bits per heavy atom. The van der Waals surface area contributed by atoms with Crippen molar-refractivity contribution in [3.8, 4) is 11.5 Å². The number of nitrogens with zero attached hydrogens (tertiary/aromatic N) is 1. The number of ketones is 1. The Morgan fingerprint density at radius 3 is 2.52 bits per heavy atom. The van der Waals surface area contributed by atoms with Gasteiger partial charge in [-0.1, -0.05) is 36.4 Å². The van der Waals surface area contributed by atoms with Crippen LogP contribution >= 0.6 is 0 Å². The summed E-state index contributed by atoms with van der Waals surface area (Å²) in [7, 11) is 1.58. The molecule has 4 heteroatoms. The van der Waals surface area contributed by atoms with E-state index < -0.39 is 0 Å². The van der Waals surface area contributed by atoms with Crippen molar-refractivity contribution >= 4 is 5.78 Å². The normalized spacial score (nSPS) is 10.3. The van der Waals surface area contributed by atoms with Crippen LogP contribution in [-0.4, -0.2) is 17.9 Å². The lowest BCUT2D eigenvalue weighted by molar-refractivity contribution is 0.0988. The van der Waals surface area contributed by atoms with Gasteiger partial charge in [0.1, 0.15) is 18.1 Å². The van der Waals surface area contributed by atoms with Crippen LogP contribution in [-0.2, 0) is 13.0 Å². The topological polar surface area (TPSA) is 48.4 Å². The second kappa shape index (κ2) is 8.11. The fourth-order valence-corrected chi connectivity index (χ4v) is 2.50. The van der Waals surface area contributed by atoms with Gasteiger partial charge in [-0.3, -0.25) is 9.78 Å². The van der Waals surface area contributed by atoms with Gasteiger partial charge >= 0.3 is 0 Å². The third kappa shape index (κ3) is 4.44. The molecule has 0 aliphatic carbocycles. The molecule has 0 aliphatic heterocycles. The number of pyridine rings is 1. The second-order valence-electron chi connectivity index (χ2n) is 5.60. The first-order valence-electron chi connectivity index (χ1n) is 8.03. The molecular weight excluding hydrogens is 314 g/mol. The zero-order valence-corrected chi connectivity index (χ0v) is 14.0. The highest BCUT2D eigenvalue weighted by Gasteiger charge is 2.15. The van der Waals surface area contributed by atoms with E-state index in [1.165, 1.54) is 0 Å². The van der Waals surface area contributed by atoms with Crippen LogP contribution in [0.5, 0.6) is 11.5 Å². The number of carbonyl (C=O) groups is 1. The molecule has 0 radical (unpaired) electrons. The van der Waals surface area contributed by atoms with E-state index in [0.29, 0.717) is 23.7 Å². The molecule has 0 bridgehead atoms. The molecular formula is C21H19NO3. The summed E-state index contributed by atoms with van der Waals surface area (Å²) >= 11 is 0. The molecule has 126 valence electrons. The monoisotopic (exact) mass is 333 g/mol. The fraction of sp³-hybridized carbons (Fsp3) is 0.143. The summed E-state index contributed by atoms with van der Waals surface area (Å²) in [5.74, 6) is 1.15. The molecule has 0 atom stereocenters. The molecule has 25 heavy (non-hydrogen) atoms. The summed E-state index contributed by atoms with van der Waals surface area (Å²) in [5, 5.41) is 0. The van der Waals surface area contributed by atoms with Crippen molar-refractivity contribution in [3.05, 3.63) is 89.7 Å². The zero-order valence-electron chi connectivity index (χ0n) is 14.0. The minimum Gasteiger partial charge on any atom is -0.497 e. The lowest BCUT2D eigenvalue weighted by Gasteiger charge is -2.12. The quantitative estimate of drug-likeness (QED) is 0.611. The number of Topliss-reactive ketones (excluding diaryl/α,β-unsaturated/α-hetero) is 1. The van der Waals surface area contributed by atoms with E-state index >= 15 is 0 Å². The van der Waals surface area contributed by atoms with Crippen molar-refractivity contribution in [1.29, 1.82) is 0 Å². The third-order valence-corrected chi connectivity index (χ3v) is 3.81. The molecule has 2 aromatic carbocycles. The van der Waals surface area contributed by atoms with Crippen LogP contribution in [0.4, 0.5) is 0 Å². The lowest BCUT2D eigenvalue weighted by Crippen LogP contribution is -2.08. The average molecular weight is 333 g/mol. The molecule has 0 saturated carbocycles. The Kier molecular flexibility index (Phi) is 5.42. The standard InChI is InChI=1S/C21H19NO3/c1-24-18-9-10-21(25-15-16-6-3-2-4-7-16)19(13-18)20(23)12-17-8-5-11-22-14-17/h2-11,13-14H,12,15H2,1H3. The van der Waals surface area contributed by atoms with Gasteiger partial charge in [-0.2, -0.15) is 0 Å². The van der Waals surface area contributed by atoms with Crippen molar-refractivity contribution < 1.29 is 14.3 Å². The van der Waals surface area contributed by atoms with E-state index in [2.05, 4.69) is 4.98 Å². The van der Waals surface area contributed by atoms with E-state index in [4.69, 9.17) is 9.47 Å². The summed E-state index contributed by atoms with van der Waals surface area (Å²) in [6.45, 7) is 0.403. The minimum absolute atomic E-state index is 0.0324. The average Bonchev–Trinajstić information content (AvgIpc) is 2.68. The number of carbonyl (C=O) groups excluding carboxylic acids is 1. The number of benzene rings is 2. The Balaban J connectivity index is 1.81. The fourth-order valence-electron chi connectivity index (χ4n) is 2.50. The third-order valence-electron chi connectivity index (χ3n) is 3.81. The van der Waals surface area contributed by atoms with Gasteiger partial charge in [-0.25, -0.2) is 0 Å². The maximum absolute atomic E-state index is 12.8. The first-order chi connectivity index (χ1) is 12.3. The zero-order chi connectivity index (χ0) is 17.5. The van der Waals surface area contributed by atoms with E-state index in [-0.39, 0.29) is 12.2 Å². The van der Waals surface area contributed by atoms with E-state index in [0.717, 1.165) is 11.1 Å². The molecule has 0 spiro atoms. The first kappa shape index (κ1) is 16.7. The lowest BCUT2D eigenvalue weighted by atomic mass is 10.0. The number of hydrogen-bond donors (Lipinski definition) is 0. The first-order valence-corrected chi connectivity index (χ1v) is 8.03. The Labute approximate surface area is 147 Å². The number of aromatic nitrogens is 1. The summed E-state index contributed by atoms with van der Waals surface area (Å²) < 4.78 is 11.1. The molecule has 4 nitrogen and oxygen atoms in total. The molecule has 0 amide bonds. The van der Waals surface area contributed by atoms with Crippen molar-refractivity contribution in [2.24, 2.45) is 0 Å². The number of methoxy groups -OCH3 is 1. The van der Waals surface area contributed by atoms with Crippen molar-refractivity contribution in [1.82, 2.24) is 4.98 Å². The van der Waals surface area contributed by atoms with Gasteiger partial charge in [0.15, 0.2) is 5.78 Å². The predicted octanol–water partition coefficient (Wildman–Crippen LogP) is 4.09. The van der Waals surface area contributed by atoms with Crippen LogP contribution in [0.1, 0.15) is 21.5 Å². The highest BCUT2D eigenvalue weighted by atomic mass is 16.5. The number of hydrogen-bond acceptors (Lipinski definition) is 4. The van der Waals surface area contributed by atoms with Gasteiger partial charge < -0.3 is 9.47 Å². The van der Waals surface area contributed by atoms with Gasteiger partial charge in [-0.15, -0.1) is 0 Å². The molecule has 3 aromatic rings. The summed E-state index contributed by atoms with van der Waals surface area (Å²) in [6, 6.07) is 18.8. The van der Waals surface area contributed by atoms with Crippen LogP contribution in [0.25, 0.3) is 0 Å². The van der Waals surface area contributed by atoms with Crippen LogP contribution in [0, 0.1) is 0 Å². The molecule has 1 heterocycles. The second-order valence-corrected chi connectivity index (χ2v) is 5.60. The summed E-state index contributed by atoms with van der Waals surface area (Å²) in [4.78, 5) is 16.8. The summed E-state index contributed by atoms with van der Waals surface area (Å²) in [5.41, 5.74) is 2.42. The molecule has 0 aliphatic rings. The van der Waals surface area contributed by atoms with E-state index in [9.17, 15) is 4.79 Å². The summed E-state index contributed by atoms with van der Waals surface area (Å²) in [6.07, 6.45) is 3.65. The Morgan fingerprint density at radius 1 is 1.00 bits per heavy atom. The van der Waals surface area contributed by atoms with Gasteiger partial charge in [-0.05, 0) is 35.4 Å². The largest absolute Gasteiger partial charge is 0.497 e. The number of ether oxygens (including phenoxy) is 2. The van der Waals surface area contributed by atoms with Crippen LogP contribution < -0.4 is 9.47 Å². The van der Waals surface area contributed by atoms with Crippen molar-refractivity contribution in [2.75, 3.05) is 7.11 Å². The molecule has 0 fully saturated rings. The predicted molar refractivity (Wildman–Crippen MR) is 96.0 cm³/mol. The maximum Gasteiger partial charge on any atom is 0.171 e. The molecule has 0 unspecified atom stereocenters. The van der Waals surface area contributed by atoms with Gasteiger partial charge in [0.05, 0.1) is 12.7 Å². The molecule has 3 rings (SSSR count). The SMILES string of the molecule is COc1ccc(OCc2ccccc2)c(C(=O)Cc2cccnc2)c1. The van der Waals surface area contributed by atoms with Crippen LogP contribution in [0.3, 0.4) is 0 Å². The van der Waals surface area contributed by atoms with E-state index in [1.54, 1.807) is 37.7 Å². The van der Waals surface area contributed by atoms with Crippen LogP contribution in [0.15, 0.2) is 73.1 Å². The van der Waals surface area contributed by atoms with Crippen molar-refractivity contribution in [3.63, 3.8) is 0 Å². The maximum atomic E-state index is 12.8. The minimum atomic E-state index is -0.0324. The van der Waals surface area contributed by atoms with Gasteiger partial charge in [0.2, 0.25) is 0 Å². The van der Waals surface area contributed by atoms with Gasteiger partial charge in [0, 0.05) is 18.8 Å². The van der Waals surface area contributed by atoms with Gasteiger partial charge in [0.25, 0.3) is 0 Å². The van der Waals surface area contributed by atoms with E-state index in [1.807, 2.05) is 42.5 Å². The highest BCUT2D eigenvalue weighted by molar-refractivity contribution is 6.00. The molecule has 0 saturated heterocycles. The van der Waals surface area contributed by atoms with Crippen LogP contribution in [0.2, 0.25) is 0 Å². The van der Waals surface area contributed by atoms with Crippen molar-refractivity contribution in [2.45, 2.75) is 13.0 Å². The number of rotatable bonds is 7. The molecule has 1 aromatic heterocycles. The highest BCUT2D eigenvalue weighted by Crippen LogP contribution is 2.26. The Bertz CT molecular complexity index is 832.